The molecule has 1 aliphatic heterocycles. The first-order valence-electron chi connectivity index (χ1n) is 8.62. The summed E-state index contributed by atoms with van der Waals surface area (Å²) in [6.07, 6.45) is 3.45. The molecule has 0 radical (unpaired) electrons. The largest absolute Gasteiger partial charge is 0.298 e. The molecule has 132 valence electrons. The van der Waals surface area contributed by atoms with Gasteiger partial charge in [-0.1, -0.05) is 50.2 Å². The quantitative estimate of drug-likeness (QED) is 0.512. The zero-order valence-corrected chi connectivity index (χ0v) is 15.6. The molecule has 4 nitrogen and oxygen atoms in total. The van der Waals surface area contributed by atoms with Crippen LogP contribution in [0.15, 0.2) is 54.1 Å². The number of hydrogen-bond donors (Lipinski definition) is 1. The van der Waals surface area contributed by atoms with Crippen molar-refractivity contribution in [1.82, 2.24) is 5.32 Å². The fraction of sp³-hybridized carbons (Fsp3) is 0.190. The van der Waals surface area contributed by atoms with Crippen molar-refractivity contribution in [2.45, 2.75) is 26.7 Å². The molecule has 3 rings (SSSR count). The summed E-state index contributed by atoms with van der Waals surface area (Å²) in [7, 11) is 0. The highest BCUT2D eigenvalue weighted by molar-refractivity contribution is 7.80. The summed E-state index contributed by atoms with van der Waals surface area (Å²) in [6.45, 7) is 4.14. The van der Waals surface area contributed by atoms with Gasteiger partial charge in [0.15, 0.2) is 5.11 Å². The molecule has 0 aromatic heterocycles. The van der Waals surface area contributed by atoms with E-state index in [1.807, 2.05) is 48.5 Å². The molecule has 5 heteroatoms. The SMILES string of the molecule is CCc1ccc(C=C2C(=O)NC(=S)N(c3ccc(CC)cc3)C2=O)cc1. The minimum atomic E-state index is -0.471. The van der Waals surface area contributed by atoms with Gasteiger partial charge >= 0.3 is 0 Å². The lowest BCUT2D eigenvalue weighted by Gasteiger charge is -2.29. The number of hydrogen-bond acceptors (Lipinski definition) is 3. The molecular formula is C21H20N2O2S. The average molecular weight is 364 g/mol. The number of anilines is 1. The van der Waals surface area contributed by atoms with Gasteiger partial charge in [0.2, 0.25) is 0 Å². The maximum atomic E-state index is 12.9. The van der Waals surface area contributed by atoms with Crippen molar-refractivity contribution in [3.8, 4) is 0 Å². The van der Waals surface area contributed by atoms with Crippen LogP contribution in [0.2, 0.25) is 0 Å². The molecule has 1 fully saturated rings. The number of carbonyl (C=O) groups is 2. The third-order valence-corrected chi connectivity index (χ3v) is 4.69. The molecule has 1 heterocycles. The number of nitrogens with one attached hydrogen (secondary N) is 1. The van der Waals surface area contributed by atoms with E-state index in [0.29, 0.717) is 5.69 Å². The summed E-state index contributed by atoms with van der Waals surface area (Å²) < 4.78 is 0. The monoisotopic (exact) mass is 364 g/mol. The lowest BCUT2D eigenvalue weighted by molar-refractivity contribution is -0.122. The van der Waals surface area contributed by atoms with Crippen molar-refractivity contribution in [2.24, 2.45) is 0 Å². The highest BCUT2D eigenvalue weighted by atomic mass is 32.1. The van der Waals surface area contributed by atoms with Gasteiger partial charge in [0.05, 0.1) is 5.69 Å². The lowest BCUT2D eigenvalue weighted by atomic mass is 10.0. The van der Waals surface area contributed by atoms with Gasteiger partial charge < -0.3 is 0 Å². The number of nitrogens with zero attached hydrogens (tertiary/aromatic N) is 1. The number of benzene rings is 2. The van der Waals surface area contributed by atoms with Crippen LogP contribution in [-0.4, -0.2) is 16.9 Å². The van der Waals surface area contributed by atoms with E-state index in [2.05, 4.69) is 19.2 Å². The van der Waals surface area contributed by atoms with E-state index in [-0.39, 0.29) is 10.7 Å². The van der Waals surface area contributed by atoms with Crippen LogP contribution in [0.1, 0.15) is 30.5 Å². The summed E-state index contributed by atoms with van der Waals surface area (Å²) in [6, 6.07) is 15.4. The van der Waals surface area contributed by atoms with Gasteiger partial charge in [-0.15, -0.1) is 0 Å². The van der Waals surface area contributed by atoms with E-state index in [1.165, 1.54) is 16.0 Å². The van der Waals surface area contributed by atoms with Crippen LogP contribution < -0.4 is 10.2 Å². The van der Waals surface area contributed by atoms with Gasteiger partial charge in [-0.25, -0.2) is 0 Å². The predicted molar refractivity (Wildman–Crippen MR) is 108 cm³/mol. The first-order valence-corrected chi connectivity index (χ1v) is 9.03. The third kappa shape index (κ3) is 3.58. The van der Waals surface area contributed by atoms with Crippen molar-refractivity contribution >= 4 is 40.9 Å². The van der Waals surface area contributed by atoms with Gasteiger partial charge in [-0.3, -0.25) is 19.8 Å². The zero-order valence-electron chi connectivity index (χ0n) is 14.8. The minimum absolute atomic E-state index is 0.0717. The first-order chi connectivity index (χ1) is 12.5. The second kappa shape index (κ2) is 7.62. The predicted octanol–water partition coefficient (Wildman–Crippen LogP) is 3.64. The number of carbonyl (C=O) groups excluding carboxylic acids is 2. The number of rotatable bonds is 4. The number of amides is 2. The van der Waals surface area contributed by atoms with Crippen LogP contribution in [0.25, 0.3) is 6.08 Å². The van der Waals surface area contributed by atoms with E-state index in [9.17, 15) is 9.59 Å². The molecular weight excluding hydrogens is 344 g/mol. The van der Waals surface area contributed by atoms with Crippen LogP contribution in [0, 0.1) is 0 Å². The summed E-state index contributed by atoms with van der Waals surface area (Å²) in [5, 5.41) is 2.71. The Morgan fingerprint density at radius 1 is 0.923 bits per heavy atom. The molecule has 0 atom stereocenters. The molecule has 1 N–H and O–H groups in total. The highest BCUT2D eigenvalue weighted by Gasteiger charge is 2.34. The van der Waals surface area contributed by atoms with E-state index >= 15 is 0 Å². The Morgan fingerprint density at radius 3 is 2.00 bits per heavy atom. The molecule has 0 saturated carbocycles. The van der Waals surface area contributed by atoms with Crippen molar-refractivity contribution in [1.29, 1.82) is 0 Å². The molecule has 0 unspecified atom stereocenters. The van der Waals surface area contributed by atoms with Crippen LogP contribution >= 0.6 is 12.2 Å². The van der Waals surface area contributed by atoms with Gasteiger partial charge in [0.1, 0.15) is 5.57 Å². The Balaban J connectivity index is 1.95. The van der Waals surface area contributed by atoms with Crippen molar-refractivity contribution in [3.63, 3.8) is 0 Å². The van der Waals surface area contributed by atoms with Gasteiger partial charge in [0.25, 0.3) is 11.8 Å². The molecule has 0 aliphatic carbocycles. The second-order valence-electron chi connectivity index (χ2n) is 6.07. The Morgan fingerprint density at radius 2 is 1.46 bits per heavy atom. The number of aryl methyl sites for hydroxylation is 2. The van der Waals surface area contributed by atoms with E-state index < -0.39 is 11.8 Å². The molecule has 2 amide bonds. The summed E-state index contributed by atoms with van der Waals surface area (Å²) in [5.74, 6) is -0.886. The fourth-order valence-electron chi connectivity index (χ4n) is 2.79. The Kier molecular flexibility index (Phi) is 5.28. The van der Waals surface area contributed by atoms with Gasteiger partial charge in [-0.05, 0) is 60.0 Å². The Labute approximate surface area is 158 Å². The number of thiocarbonyl (C=S) groups is 1. The molecule has 0 spiro atoms. The Hall–Kier alpha value is -2.79. The van der Waals surface area contributed by atoms with Crippen molar-refractivity contribution in [3.05, 3.63) is 70.8 Å². The molecule has 2 aromatic carbocycles. The van der Waals surface area contributed by atoms with Crippen LogP contribution in [0.5, 0.6) is 0 Å². The van der Waals surface area contributed by atoms with Crippen LogP contribution in [-0.2, 0) is 22.4 Å². The maximum Gasteiger partial charge on any atom is 0.270 e. The fourth-order valence-corrected chi connectivity index (χ4v) is 3.07. The first kappa shape index (κ1) is 18.0. The van der Waals surface area contributed by atoms with Crippen LogP contribution in [0.3, 0.4) is 0 Å². The van der Waals surface area contributed by atoms with Crippen molar-refractivity contribution in [2.75, 3.05) is 4.90 Å². The topological polar surface area (TPSA) is 49.4 Å². The van der Waals surface area contributed by atoms with Gasteiger partial charge in [0, 0.05) is 0 Å². The second-order valence-corrected chi connectivity index (χ2v) is 6.46. The lowest BCUT2D eigenvalue weighted by Crippen LogP contribution is -2.54. The molecule has 1 aliphatic rings. The summed E-state index contributed by atoms with van der Waals surface area (Å²) >= 11 is 5.22. The summed E-state index contributed by atoms with van der Waals surface area (Å²) in [5.41, 5.74) is 3.88. The standard InChI is InChI=1S/C21H20N2O2S/c1-3-14-5-7-16(8-6-14)13-18-19(24)22-21(26)23(20(18)25)17-11-9-15(4-2)10-12-17/h5-13H,3-4H2,1-2H3,(H,22,24,26). The highest BCUT2D eigenvalue weighted by Crippen LogP contribution is 2.22. The molecule has 0 bridgehead atoms. The maximum absolute atomic E-state index is 12.9. The van der Waals surface area contributed by atoms with E-state index in [4.69, 9.17) is 12.2 Å². The van der Waals surface area contributed by atoms with Gasteiger partial charge in [-0.2, -0.15) is 0 Å². The van der Waals surface area contributed by atoms with Crippen LogP contribution in [0.4, 0.5) is 5.69 Å². The average Bonchev–Trinajstić information content (AvgIpc) is 2.66. The normalized spacial score (nSPS) is 16.2. The smallest absolute Gasteiger partial charge is 0.270 e. The van der Waals surface area contributed by atoms with E-state index in [1.54, 1.807) is 6.08 Å². The van der Waals surface area contributed by atoms with Crippen molar-refractivity contribution < 1.29 is 9.59 Å². The molecule has 1 saturated heterocycles. The molecule has 2 aromatic rings. The zero-order chi connectivity index (χ0) is 18.7. The Bertz CT molecular complexity index is 883. The molecule has 26 heavy (non-hydrogen) atoms. The third-order valence-electron chi connectivity index (χ3n) is 4.40. The summed E-state index contributed by atoms with van der Waals surface area (Å²) in [4.78, 5) is 26.6. The van der Waals surface area contributed by atoms with E-state index in [0.717, 1.165) is 18.4 Å². The minimum Gasteiger partial charge on any atom is -0.298 e.